The van der Waals surface area contributed by atoms with Gasteiger partial charge < -0.3 is 14.0 Å². The van der Waals surface area contributed by atoms with Crippen molar-refractivity contribution in [3.05, 3.63) is 78.1 Å². The highest BCUT2D eigenvalue weighted by molar-refractivity contribution is 7.13. The van der Waals surface area contributed by atoms with Crippen LogP contribution < -0.4 is 14.8 Å². The Labute approximate surface area is 194 Å². The van der Waals surface area contributed by atoms with Crippen LogP contribution in [0.2, 0.25) is 0 Å². The highest BCUT2D eigenvalue weighted by Crippen LogP contribution is 2.30. The molecule has 1 N–H and O–H groups in total. The number of nitrogens with one attached hydrogen (secondary N) is 1. The van der Waals surface area contributed by atoms with E-state index in [2.05, 4.69) is 31.6 Å². The van der Waals surface area contributed by atoms with Gasteiger partial charge in [0.2, 0.25) is 0 Å². The number of hydrogen-bond donors (Lipinski definition) is 1. The highest BCUT2D eigenvalue weighted by atomic mass is 32.1. The molecule has 2 aromatic heterocycles. The van der Waals surface area contributed by atoms with E-state index in [0.717, 1.165) is 36.6 Å². The van der Waals surface area contributed by atoms with Crippen LogP contribution >= 0.6 is 11.3 Å². The molecule has 0 atom stereocenters. The zero-order chi connectivity index (χ0) is 22.6. The fourth-order valence-electron chi connectivity index (χ4n) is 3.63. The molecule has 0 saturated heterocycles. The molecule has 1 aliphatic rings. The van der Waals surface area contributed by atoms with Crippen molar-refractivity contribution < 1.29 is 14.3 Å². The van der Waals surface area contributed by atoms with Crippen molar-refractivity contribution in [3.63, 3.8) is 0 Å². The fraction of sp³-hybridized carbons (Fsp3) is 0.167. The van der Waals surface area contributed by atoms with Crippen LogP contribution in [-0.4, -0.2) is 32.3 Å². The molecule has 9 heteroatoms. The number of ether oxygens (including phenoxy) is 2. The van der Waals surface area contributed by atoms with E-state index < -0.39 is 0 Å². The lowest BCUT2D eigenvalue weighted by atomic mass is 10.1. The molecule has 3 heterocycles. The molecule has 5 rings (SSSR count). The summed E-state index contributed by atoms with van der Waals surface area (Å²) in [6, 6.07) is 12.7. The summed E-state index contributed by atoms with van der Waals surface area (Å²) in [5.41, 5.74) is 1.38. The van der Waals surface area contributed by atoms with Crippen molar-refractivity contribution in [1.29, 1.82) is 0 Å². The van der Waals surface area contributed by atoms with Crippen LogP contribution in [0.3, 0.4) is 0 Å². The minimum atomic E-state index is -0.296. The highest BCUT2D eigenvalue weighted by Gasteiger charge is 2.18. The number of rotatable bonds is 8. The van der Waals surface area contributed by atoms with Crippen molar-refractivity contribution in [2.45, 2.75) is 19.4 Å². The Morgan fingerprint density at radius 3 is 2.79 bits per heavy atom. The lowest BCUT2D eigenvalue weighted by Gasteiger charge is -2.12. The number of benzene rings is 2. The van der Waals surface area contributed by atoms with Crippen LogP contribution in [0.5, 0.6) is 17.2 Å². The maximum absolute atomic E-state index is 12.7. The maximum Gasteiger partial charge on any atom is 0.257 e. The van der Waals surface area contributed by atoms with Crippen LogP contribution in [-0.2, 0) is 13.0 Å². The molecule has 4 aromatic rings. The van der Waals surface area contributed by atoms with Crippen LogP contribution in [0.15, 0.2) is 66.7 Å². The summed E-state index contributed by atoms with van der Waals surface area (Å²) >= 11 is 1.35. The van der Waals surface area contributed by atoms with Gasteiger partial charge in [0, 0.05) is 41.7 Å². The summed E-state index contributed by atoms with van der Waals surface area (Å²) in [7, 11) is 0. The molecule has 2 aromatic carbocycles. The Morgan fingerprint density at radius 2 is 2.00 bits per heavy atom. The molecular formula is C24H21N5O3S. The zero-order valence-corrected chi connectivity index (χ0v) is 18.5. The van der Waals surface area contributed by atoms with Gasteiger partial charge in [-0.3, -0.25) is 10.1 Å². The fourth-order valence-corrected chi connectivity index (χ4v) is 4.15. The van der Waals surface area contributed by atoms with E-state index in [1.54, 1.807) is 35.9 Å². The minimum Gasteiger partial charge on any atom is -0.489 e. The molecule has 0 saturated carbocycles. The van der Waals surface area contributed by atoms with E-state index in [1.807, 2.05) is 24.3 Å². The number of amides is 1. The van der Waals surface area contributed by atoms with E-state index in [-0.39, 0.29) is 5.91 Å². The maximum atomic E-state index is 12.7. The number of carbonyl (C=O) groups is 1. The Morgan fingerprint density at radius 1 is 1.15 bits per heavy atom. The second-order valence-corrected chi connectivity index (χ2v) is 8.30. The monoisotopic (exact) mass is 459 g/mol. The lowest BCUT2D eigenvalue weighted by Crippen LogP contribution is -2.12. The van der Waals surface area contributed by atoms with E-state index >= 15 is 0 Å². The molecule has 0 bridgehead atoms. The Hall–Kier alpha value is -3.98. The summed E-state index contributed by atoms with van der Waals surface area (Å²) in [6.45, 7) is 4.93. The molecule has 1 aliphatic heterocycles. The third kappa shape index (κ3) is 4.63. The SMILES string of the molecule is C=CCOc1cc(Oc2ccc(-c3nnc4n3CCC4)cc2)cc(C(=O)Nc2nccs2)c1. The Kier molecular flexibility index (Phi) is 5.86. The summed E-state index contributed by atoms with van der Waals surface area (Å²) in [5.74, 6) is 3.23. The van der Waals surface area contributed by atoms with Crippen molar-refractivity contribution in [2.24, 2.45) is 0 Å². The molecule has 33 heavy (non-hydrogen) atoms. The Bertz CT molecular complexity index is 1280. The van der Waals surface area contributed by atoms with Gasteiger partial charge in [-0.25, -0.2) is 4.98 Å². The number of fused-ring (bicyclic) bond motifs is 1. The summed E-state index contributed by atoms with van der Waals surface area (Å²) < 4.78 is 13.9. The number of aryl methyl sites for hydroxylation is 1. The number of aromatic nitrogens is 4. The van der Waals surface area contributed by atoms with Gasteiger partial charge in [-0.05, 0) is 42.8 Å². The number of hydrogen-bond acceptors (Lipinski definition) is 7. The first-order valence-electron chi connectivity index (χ1n) is 10.5. The molecule has 0 radical (unpaired) electrons. The van der Waals surface area contributed by atoms with Gasteiger partial charge >= 0.3 is 0 Å². The largest absolute Gasteiger partial charge is 0.489 e. The second kappa shape index (κ2) is 9.25. The average molecular weight is 460 g/mol. The first-order valence-corrected chi connectivity index (χ1v) is 11.4. The van der Waals surface area contributed by atoms with Gasteiger partial charge in [-0.1, -0.05) is 12.7 Å². The van der Waals surface area contributed by atoms with E-state index in [0.29, 0.717) is 34.6 Å². The van der Waals surface area contributed by atoms with Gasteiger partial charge in [0.15, 0.2) is 11.0 Å². The first kappa shape index (κ1) is 20.9. The van der Waals surface area contributed by atoms with Crippen molar-refractivity contribution in [1.82, 2.24) is 19.7 Å². The zero-order valence-electron chi connectivity index (χ0n) is 17.7. The topological polar surface area (TPSA) is 91.2 Å². The van der Waals surface area contributed by atoms with E-state index in [9.17, 15) is 4.79 Å². The quantitative estimate of drug-likeness (QED) is 0.375. The molecule has 1 amide bonds. The average Bonchev–Trinajstić information content (AvgIpc) is 3.57. The van der Waals surface area contributed by atoms with Gasteiger partial charge in [0.25, 0.3) is 5.91 Å². The second-order valence-electron chi connectivity index (χ2n) is 7.41. The van der Waals surface area contributed by atoms with Crippen molar-refractivity contribution in [3.8, 4) is 28.6 Å². The molecule has 8 nitrogen and oxygen atoms in total. The first-order chi connectivity index (χ1) is 16.2. The number of thiazole rings is 1. The van der Waals surface area contributed by atoms with E-state index in [1.165, 1.54) is 11.3 Å². The molecule has 166 valence electrons. The molecule has 0 unspecified atom stereocenters. The van der Waals surface area contributed by atoms with Gasteiger partial charge in [-0.2, -0.15) is 0 Å². The van der Waals surface area contributed by atoms with Gasteiger partial charge in [-0.15, -0.1) is 21.5 Å². The smallest absolute Gasteiger partial charge is 0.257 e. The molecular weight excluding hydrogens is 438 g/mol. The number of carbonyl (C=O) groups excluding carboxylic acids is 1. The molecule has 0 spiro atoms. The Balaban J connectivity index is 1.37. The summed E-state index contributed by atoms with van der Waals surface area (Å²) in [5, 5.41) is 13.7. The molecule has 0 fully saturated rings. The normalized spacial score (nSPS) is 12.2. The minimum absolute atomic E-state index is 0.296. The summed E-state index contributed by atoms with van der Waals surface area (Å²) in [4.78, 5) is 16.8. The van der Waals surface area contributed by atoms with Gasteiger partial charge in [0.1, 0.15) is 29.7 Å². The van der Waals surface area contributed by atoms with Gasteiger partial charge in [0.05, 0.1) is 0 Å². The predicted molar refractivity (Wildman–Crippen MR) is 126 cm³/mol. The van der Waals surface area contributed by atoms with Crippen molar-refractivity contribution >= 4 is 22.4 Å². The van der Waals surface area contributed by atoms with Crippen LogP contribution in [0, 0.1) is 0 Å². The number of anilines is 1. The third-order valence-electron chi connectivity index (χ3n) is 5.12. The lowest BCUT2D eigenvalue weighted by molar-refractivity contribution is 0.102. The van der Waals surface area contributed by atoms with Crippen LogP contribution in [0.4, 0.5) is 5.13 Å². The van der Waals surface area contributed by atoms with Crippen molar-refractivity contribution in [2.75, 3.05) is 11.9 Å². The number of nitrogens with zero attached hydrogens (tertiary/aromatic N) is 4. The van der Waals surface area contributed by atoms with E-state index in [4.69, 9.17) is 9.47 Å². The standard InChI is InChI=1S/C24H21N5O3S/c1-2-11-31-19-13-17(23(30)26-24-25-9-12-33-24)14-20(15-19)32-18-7-5-16(6-8-18)22-28-27-21-4-3-10-29(21)22/h2,5-9,12-15H,1,3-4,10-11H2,(H,25,26,30). The summed E-state index contributed by atoms with van der Waals surface area (Å²) in [6.07, 6.45) is 5.34. The van der Waals surface area contributed by atoms with Crippen LogP contribution in [0.1, 0.15) is 22.6 Å². The van der Waals surface area contributed by atoms with Crippen LogP contribution in [0.25, 0.3) is 11.4 Å². The third-order valence-corrected chi connectivity index (χ3v) is 5.81. The predicted octanol–water partition coefficient (Wildman–Crippen LogP) is 4.96. The molecule has 0 aliphatic carbocycles.